The molecule has 112 valence electrons. The maximum Gasteiger partial charge on any atom is 0.112 e. The van der Waals surface area contributed by atoms with Crippen LogP contribution in [-0.2, 0) is 0 Å². The molecule has 1 fully saturated rings. The van der Waals surface area contributed by atoms with E-state index in [1.54, 1.807) is 16.3 Å². The Morgan fingerprint density at radius 1 is 1.00 bits per heavy atom. The molecular weight excluding hydrogens is 268 g/mol. The maximum absolute atomic E-state index is 2.62. The van der Waals surface area contributed by atoms with E-state index in [1.165, 1.54) is 57.8 Å². The van der Waals surface area contributed by atoms with Crippen LogP contribution in [0.5, 0.6) is 0 Å². The Kier molecular flexibility index (Phi) is 3.37. The third kappa shape index (κ3) is 2.16. The van der Waals surface area contributed by atoms with Crippen LogP contribution in [0.3, 0.4) is 0 Å². The van der Waals surface area contributed by atoms with Crippen LogP contribution < -0.4 is 0 Å². The van der Waals surface area contributed by atoms with E-state index >= 15 is 0 Å². The van der Waals surface area contributed by atoms with E-state index in [2.05, 4.69) is 31.3 Å². The molecule has 1 unspecified atom stereocenters. The van der Waals surface area contributed by atoms with Gasteiger partial charge >= 0.3 is 0 Å². The summed E-state index contributed by atoms with van der Waals surface area (Å²) in [6.45, 7) is 5.24. The Balaban J connectivity index is 1.71. The zero-order valence-corrected chi connectivity index (χ0v) is 14.7. The van der Waals surface area contributed by atoms with Gasteiger partial charge in [0.25, 0.3) is 0 Å². The van der Waals surface area contributed by atoms with Gasteiger partial charge < -0.3 is 0 Å². The molecule has 0 nitrogen and oxygen atoms in total. The minimum Gasteiger partial charge on any atom is -0.0805 e. The van der Waals surface area contributed by atoms with Gasteiger partial charge in [-0.25, -0.2) is 0 Å². The molecule has 4 rings (SSSR count). The maximum atomic E-state index is 2.62. The van der Waals surface area contributed by atoms with Gasteiger partial charge in [0.05, 0.1) is 0 Å². The highest BCUT2D eigenvalue weighted by Crippen LogP contribution is 2.47. The number of fused-ring (bicyclic) bond motifs is 1. The summed E-state index contributed by atoms with van der Waals surface area (Å²) >= 11 is 0. The minimum absolute atomic E-state index is 0.808. The van der Waals surface area contributed by atoms with E-state index in [1.807, 2.05) is 10.8 Å². The van der Waals surface area contributed by atoms with Gasteiger partial charge in [-0.3, -0.25) is 0 Å². The normalized spacial score (nSPS) is 28.9. The highest BCUT2D eigenvalue weighted by Gasteiger charge is 2.39. The zero-order chi connectivity index (χ0) is 14.4. The van der Waals surface area contributed by atoms with Crippen molar-refractivity contribution in [1.29, 1.82) is 0 Å². The smallest absolute Gasteiger partial charge is 0.0805 e. The summed E-state index contributed by atoms with van der Waals surface area (Å²) in [5.74, 6) is 0.808. The molecule has 4 aliphatic rings. The van der Waals surface area contributed by atoms with E-state index in [4.69, 9.17) is 0 Å². The summed E-state index contributed by atoms with van der Waals surface area (Å²) in [5.41, 5.74) is 5.44. The first kappa shape index (κ1) is 13.8. The molecule has 4 aliphatic carbocycles. The van der Waals surface area contributed by atoms with Crippen LogP contribution in [0.15, 0.2) is 45.3 Å². The van der Waals surface area contributed by atoms with Crippen molar-refractivity contribution in [1.82, 2.24) is 0 Å². The van der Waals surface area contributed by atoms with Crippen molar-refractivity contribution in [3.05, 3.63) is 45.3 Å². The van der Waals surface area contributed by atoms with Crippen LogP contribution in [0.25, 0.3) is 0 Å². The lowest BCUT2D eigenvalue weighted by Gasteiger charge is -2.32. The van der Waals surface area contributed by atoms with Crippen molar-refractivity contribution in [2.45, 2.75) is 70.9 Å². The van der Waals surface area contributed by atoms with E-state index in [0.717, 1.165) is 5.92 Å². The average molecular weight is 297 g/mol. The van der Waals surface area contributed by atoms with Gasteiger partial charge in [-0.2, -0.15) is 0 Å². The second kappa shape index (κ2) is 5.12. The van der Waals surface area contributed by atoms with E-state index in [9.17, 15) is 0 Å². The molecule has 0 radical (unpaired) electrons. The van der Waals surface area contributed by atoms with Gasteiger partial charge in [-0.1, -0.05) is 59.3 Å². The fourth-order valence-electron chi connectivity index (χ4n) is 5.16. The average Bonchev–Trinajstić information content (AvgIpc) is 3.12. The first-order chi connectivity index (χ1) is 10.2. The van der Waals surface area contributed by atoms with Gasteiger partial charge in [0.2, 0.25) is 0 Å². The Bertz CT molecular complexity index is 583. The Labute approximate surface area is 130 Å². The lowest BCUT2D eigenvalue weighted by atomic mass is 9.87. The Morgan fingerprint density at radius 2 is 1.81 bits per heavy atom. The Morgan fingerprint density at radius 3 is 2.71 bits per heavy atom. The number of hydrogen-bond donors (Lipinski definition) is 0. The SMILES string of the molecule is C[Si](C)(C1=CCC2=C1CCCC2)C1=C2CCCCC2C=C1. The zero-order valence-electron chi connectivity index (χ0n) is 13.7. The summed E-state index contributed by atoms with van der Waals surface area (Å²) in [5, 5.41) is 3.62. The van der Waals surface area contributed by atoms with Crippen LogP contribution in [0, 0.1) is 5.92 Å². The molecule has 1 heteroatoms. The van der Waals surface area contributed by atoms with E-state index in [0.29, 0.717) is 0 Å². The summed E-state index contributed by atoms with van der Waals surface area (Å²) in [4.78, 5) is 0. The van der Waals surface area contributed by atoms with Crippen LogP contribution in [0.2, 0.25) is 13.1 Å². The van der Waals surface area contributed by atoms with Crippen LogP contribution in [-0.4, -0.2) is 8.07 Å². The second-order valence-corrected chi connectivity index (χ2v) is 12.2. The summed E-state index contributed by atoms with van der Waals surface area (Å²) in [6.07, 6.45) is 20.2. The molecule has 0 amide bonds. The number of allylic oxidation sites excluding steroid dienone is 8. The van der Waals surface area contributed by atoms with Crippen molar-refractivity contribution < 1.29 is 0 Å². The molecule has 0 N–H and O–H groups in total. The fraction of sp³-hybridized carbons (Fsp3) is 0.600. The number of rotatable bonds is 2. The summed E-state index contributed by atoms with van der Waals surface area (Å²) in [6, 6.07) is 0. The molecule has 0 aliphatic heterocycles. The third-order valence-corrected chi connectivity index (χ3v) is 9.99. The predicted octanol–water partition coefficient (Wildman–Crippen LogP) is 6.03. The molecular formula is C20H28Si. The monoisotopic (exact) mass is 296 g/mol. The van der Waals surface area contributed by atoms with Crippen molar-refractivity contribution >= 4 is 8.07 Å². The lowest BCUT2D eigenvalue weighted by Crippen LogP contribution is -2.33. The van der Waals surface area contributed by atoms with Crippen molar-refractivity contribution in [3.8, 4) is 0 Å². The fourth-order valence-corrected chi connectivity index (χ4v) is 8.74. The van der Waals surface area contributed by atoms with Crippen molar-refractivity contribution in [3.63, 3.8) is 0 Å². The topological polar surface area (TPSA) is 0 Å². The van der Waals surface area contributed by atoms with Gasteiger partial charge in [0.1, 0.15) is 8.07 Å². The second-order valence-electron chi connectivity index (χ2n) is 7.89. The molecule has 0 saturated heterocycles. The summed E-state index contributed by atoms with van der Waals surface area (Å²) < 4.78 is 0. The highest BCUT2D eigenvalue weighted by molar-refractivity contribution is 6.92. The van der Waals surface area contributed by atoms with Crippen LogP contribution >= 0.6 is 0 Å². The van der Waals surface area contributed by atoms with Gasteiger partial charge in [-0.15, -0.1) is 0 Å². The van der Waals surface area contributed by atoms with Crippen LogP contribution in [0.1, 0.15) is 57.8 Å². The molecule has 0 aromatic rings. The van der Waals surface area contributed by atoms with E-state index in [-0.39, 0.29) is 0 Å². The molecule has 0 heterocycles. The lowest BCUT2D eigenvalue weighted by molar-refractivity contribution is 0.524. The molecule has 0 aromatic carbocycles. The highest BCUT2D eigenvalue weighted by atomic mass is 28.3. The molecule has 0 bridgehead atoms. The molecule has 0 spiro atoms. The molecule has 21 heavy (non-hydrogen) atoms. The summed E-state index contributed by atoms with van der Waals surface area (Å²) in [7, 11) is -1.46. The van der Waals surface area contributed by atoms with Crippen LogP contribution in [0.4, 0.5) is 0 Å². The Hall–Kier alpha value is -0.823. The largest absolute Gasteiger partial charge is 0.112 e. The minimum atomic E-state index is -1.46. The first-order valence-electron chi connectivity index (χ1n) is 9.01. The van der Waals surface area contributed by atoms with E-state index < -0.39 is 8.07 Å². The quantitative estimate of drug-likeness (QED) is 0.546. The molecule has 1 saturated carbocycles. The standard InChI is InChI=1S/C20H28Si/c1-21(2,19-13-11-15-7-3-5-9-17(15)19)20-14-12-16-8-4-6-10-18(16)20/h11,13-15H,3-10,12H2,1-2H3. The predicted molar refractivity (Wildman–Crippen MR) is 93.8 cm³/mol. The third-order valence-electron chi connectivity index (χ3n) is 6.31. The van der Waals surface area contributed by atoms with Gasteiger partial charge in [-0.05, 0) is 62.9 Å². The van der Waals surface area contributed by atoms with Crippen molar-refractivity contribution in [2.75, 3.05) is 0 Å². The molecule has 0 aromatic heterocycles. The first-order valence-corrected chi connectivity index (χ1v) is 12.0. The molecule has 1 atom stereocenters. The van der Waals surface area contributed by atoms with Gasteiger partial charge in [0.15, 0.2) is 0 Å². The van der Waals surface area contributed by atoms with Gasteiger partial charge in [0, 0.05) is 0 Å². The van der Waals surface area contributed by atoms with Crippen molar-refractivity contribution in [2.24, 2.45) is 5.92 Å². The number of hydrogen-bond acceptors (Lipinski definition) is 0.